The monoisotopic (exact) mass is 437 g/mol. The Balaban J connectivity index is 2.28. The summed E-state index contributed by atoms with van der Waals surface area (Å²) < 4.78 is 42.3. The first-order chi connectivity index (χ1) is 14.2. The zero-order valence-corrected chi connectivity index (χ0v) is 19.6. The Labute approximate surface area is 184 Å². The Morgan fingerprint density at radius 3 is 2.32 bits per heavy atom. The molecule has 0 saturated carbocycles. The molecule has 0 aliphatic carbocycles. The molecular weight excluding hydrogens is 404 g/mol. The number of benzene rings is 1. The lowest BCUT2D eigenvalue weighted by Crippen LogP contribution is -2.41. The molecule has 1 heterocycles. The summed E-state index contributed by atoms with van der Waals surface area (Å²) in [5.41, 5.74) is -0.949. The Bertz CT molecular complexity index is 803. The molecule has 7 nitrogen and oxygen atoms in total. The highest BCUT2D eigenvalue weighted by atomic mass is 19.1. The SMILES string of the molecule is COCOc1ccc(C=C(CNC(=O)OC(C)(C)C)B2OC(C)(C)C(C)(C)O2)c(F)c1. The number of carbonyl (C=O) groups excluding carboxylic acids is 1. The molecule has 1 aliphatic heterocycles. The zero-order valence-electron chi connectivity index (χ0n) is 19.6. The third-order valence-corrected chi connectivity index (χ3v) is 5.05. The minimum absolute atomic E-state index is 0.0214. The molecule has 0 spiro atoms. The van der Waals surface area contributed by atoms with Crippen LogP contribution in [-0.4, -0.2) is 50.5 Å². The van der Waals surface area contributed by atoms with Crippen molar-refractivity contribution in [3.05, 3.63) is 35.1 Å². The third-order valence-electron chi connectivity index (χ3n) is 5.05. The summed E-state index contributed by atoms with van der Waals surface area (Å²) in [5.74, 6) is -0.138. The molecule has 0 unspecified atom stereocenters. The van der Waals surface area contributed by atoms with Crippen molar-refractivity contribution in [2.75, 3.05) is 20.4 Å². The van der Waals surface area contributed by atoms with Gasteiger partial charge in [-0.1, -0.05) is 6.08 Å². The van der Waals surface area contributed by atoms with E-state index in [0.717, 1.165) is 0 Å². The molecule has 0 atom stereocenters. The van der Waals surface area contributed by atoms with Crippen molar-refractivity contribution in [3.8, 4) is 5.75 Å². The van der Waals surface area contributed by atoms with E-state index in [1.54, 1.807) is 39.0 Å². The topological polar surface area (TPSA) is 75.3 Å². The van der Waals surface area contributed by atoms with E-state index in [1.807, 2.05) is 27.7 Å². The van der Waals surface area contributed by atoms with Crippen molar-refractivity contribution in [1.29, 1.82) is 0 Å². The number of ether oxygens (including phenoxy) is 3. The van der Waals surface area contributed by atoms with Crippen LogP contribution < -0.4 is 10.1 Å². The number of rotatable bonds is 7. The fraction of sp³-hybridized carbons (Fsp3) is 0.591. The predicted octanol–water partition coefficient (Wildman–Crippen LogP) is 4.35. The van der Waals surface area contributed by atoms with Crippen molar-refractivity contribution >= 4 is 19.3 Å². The lowest BCUT2D eigenvalue weighted by Gasteiger charge is -2.32. The summed E-state index contributed by atoms with van der Waals surface area (Å²) in [6, 6.07) is 4.49. The summed E-state index contributed by atoms with van der Waals surface area (Å²) in [4.78, 5) is 12.2. The molecule has 1 aromatic carbocycles. The number of alkyl carbamates (subject to hydrolysis) is 1. The summed E-state index contributed by atoms with van der Waals surface area (Å²) in [6.07, 6.45) is 1.02. The van der Waals surface area contributed by atoms with Crippen molar-refractivity contribution < 1.29 is 32.7 Å². The van der Waals surface area contributed by atoms with Crippen LogP contribution in [0.1, 0.15) is 54.0 Å². The second-order valence-electron chi connectivity index (χ2n) is 9.40. The molecule has 31 heavy (non-hydrogen) atoms. The molecule has 1 fully saturated rings. The van der Waals surface area contributed by atoms with E-state index in [0.29, 0.717) is 16.8 Å². The number of methoxy groups -OCH3 is 1. The van der Waals surface area contributed by atoms with Gasteiger partial charge >= 0.3 is 13.2 Å². The second-order valence-corrected chi connectivity index (χ2v) is 9.40. The first kappa shape index (κ1) is 25.2. The molecule has 0 aromatic heterocycles. The number of hydrogen-bond donors (Lipinski definition) is 1. The van der Waals surface area contributed by atoms with Gasteiger partial charge in [0, 0.05) is 25.3 Å². The van der Waals surface area contributed by atoms with E-state index in [4.69, 9.17) is 23.5 Å². The molecule has 1 aromatic rings. The summed E-state index contributed by atoms with van der Waals surface area (Å²) >= 11 is 0. The van der Waals surface area contributed by atoms with Crippen LogP contribution in [0.3, 0.4) is 0 Å². The van der Waals surface area contributed by atoms with E-state index < -0.39 is 35.8 Å². The van der Waals surface area contributed by atoms with Crippen LogP contribution in [0.5, 0.6) is 5.75 Å². The van der Waals surface area contributed by atoms with Crippen LogP contribution in [0, 0.1) is 5.82 Å². The maximum atomic E-state index is 14.7. The number of halogens is 1. The largest absolute Gasteiger partial charge is 0.492 e. The minimum atomic E-state index is -0.760. The highest BCUT2D eigenvalue weighted by molar-refractivity contribution is 6.56. The fourth-order valence-electron chi connectivity index (χ4n) is 2.73. The molecule has 1 N–H and O–H groups in total. The third kappa shape index (κ3) is 6.95. The van der Waals surface area contributed by atoms with Crippen LogP contribution in [0.25, 0.3) is 6.08 Å². The molecule has 0 bridgehead atoms. The van der Waals surface area contributed by atoms with Crippen LogP contribution in [0.2, 0.25) is 0 Å². The molecule has 172 valence electrons. The Morgan fingerprint density at radius 2 is 1.81 bits per heavy atom. The van der Waals surface area contributed by atoms with Crippen LogP contribution in [0.4, 0.5) is 9.18 Å². The van der Waals surface area contributed by atoms with E-state index >= 15 is 0 Å². The van der Waals surface area contributed by atoms with E-state index in [-0.39, 0.29) is 13.3 Å². The van der Waals surface area contributed by atoms with Gasteiger partial charge in [0.25, 0.3) is 0 Å². The van der Waals surface area contributed by atoms with Gasteiger partial charge < -0.3 is 28.8 Å². The number of carbonyl (C=O) groups is 1. The Hall–Kier alpha value is -2.10. The van der Waals surface area contributed by atoms with Crippen molar-refractivity contribution in [3.63, 3.8) is 0 Å². The second kappa shape index (κ2) is 9.59. The standard InChI is InChI=1S/C22H33BFNO6/c1-20(2,3)29-19(26)25-13-16(23-30-21(4,5)22(6,7)31-23)11-15-9-10-17(12-18(15)24)28-14-27-8/h9-12H,13-14H2,1-8H3,(H,25,26). The van der Waals surface area contributed by atoms with Gasteiger partial charge in [-0.2, -0.15) is 0 Å². The van der Waals surface area contributed by atoms with Gasteiger partial charge in [-0.25, -0.2) is 9.18 Å². The molecule has 1 saturated heterocycles. The maximum absolute atomic E-state index is 14.7. The smallest absolute Gasteiger partial charge is 0.467 e. The molecule has 1 amide bonds. The summed E-state index contributed by atoms with van der Waals surface area (Å²) in [6.45, 7) is 13.1. The first-order valence-corrected chi connectivity index (χ1v) is 10.2. The lowest BCUT2D eigenvalue weighted by molar-refractivity contribution is 0.00578. The molecule has 0 radical (unpaired) electrons. The highest BCUT2D eigenvalue weighted by Crippen LogP contribution is 2.39. The lowest BCUT2D eigenvalue weighted by atomic mass is 9.77. The summed E-state index contributed by atoms with van der Waals surface area (Å²) in [7, 11) is 0.728. The Morgan fingerprint density at radius 1 is 1.19 bits per heavy atom. The first-order valence-electron chi connectivity index (χ1n) is 10.2. The van der Waals surface area contributed by atoms with Crippen LogP contribution >= 0.6 is 0 Å². The highest BCUT2D eigenvalue weighted by Gasteiger charge is 2.52. The van der Waals surface area contributed by atoms with Crippen molar-refractivity contribution in [2.45, 2.75) is 65.3 Å². The van der Waals surface area contributed by atoms with Crippen LogP contribution in [-0.2, 0) is 18.8 Å². The number of nitrogens with one attached hydrogen (secondary N) is 1. The molecule has 1 aliphatic rings. The van der Waals surface area contributed by atoms with Crippen molar-refractivity contribution in [2.24, 2.45) is 0 Å². The predicted molar refractivity (Wildman–Crippen MR) is 117 cm³/mol. The average Bonchev–Trinajstić information content (AvgIpc) is 2.84. The van der Waals surface area contributed by atoms with Gasteiger partial charge in [0.2, 0.25) is 0 Å². The number of hydrogen-bond acceptors (Lipinski definition) is 6. The van der Waals surface area contributed by atoms with Gasteiger partial charge in [0.1, 0.15) is 17.2 Å². The van der Waals surface area contributed by atoms with Gasteiger partial charge in [-0.05, 0) is 66.1 Å². The molecule has 2 rings (SSSR count). The molecule has 9 heteroatoms. The Kier molecular flexibility index (Phi) is 7.78. The van der Waals surface area contributed by atoms with Gasteiger partial charge in [-0.15, -0.1) is 0 Å². The summed E-state index contributed by atoms with van der Waals surface area (Å²) in [5, 5.41) is 2.70. The van der Waals surface area contributed by atoms with Gasteiger partial charge in [0.05, 0.1) is 11.2 Å². The van der Waals surface area contributed by atoms with E-state index in [1.165, 1.54) is 13.2 Å². The van der Waals surface area contributed by atoms with Crippen molar-refractivity contribution in [1.82, 2.24) is 5.32 Å². The number of amides is 1. The zero-order chi connectivity index (χ0) is 23.4. The van der Waals surface area contributed by atoms with E-state index in [9.17, 15) is 9.18 Å². The fourth-order valence-corrected chi connectivity index (χ4v) is 2.73. The van der Waals surface area contributed by atoms with Gasteiger partial charge in [0.15, 0.2) is 6.79 Å². The molecular formula is C22H33BFNO6. The van der Waals surface area contributed by atoms with E-state index in [2.05, 4.69) is 5.32 Å². The van der Waals surface area contributed by atoms with Crippen LogP contribution in [0.15, 0.2) is 23.7 Å². The maximum Gasteiger partial charge on any atom is 0.492 e. The normalized spacial score (nSPS) is 18.1. The minimum Gasteiger partial charge on any atom is -0.467 e. The van der Waals surface area contributed by atoms with Gasteiger partial charge in [-0.3, -0.25) is 0 Å². The average molecular weight is 437 g/mol. The quantitative estimate of drug-likeness (QED) is 0.505.